The molecule has 2 N–H and O–H groups in total. The van der Waals surface area contributed by atoms with Gasteiger partial charge < -0.3 is 24.4 Å². The van der Waals surface area contributed by atoms with E-state index in [1.54, 1.807) is 0 Å². The zero-order valence-corrected chi connectivity index (χ0v) is 31.8. The van der Waals surface area contributed by atoms with E-state index >= 15 is 0 Å². The van der Waals surface area contributed by atoms with Crippen LogP contribution < -0.4 is 0 Å². The lowest BCUT2D eigenvalue weighted by atomic mass is 9.79. The second-order valence-electron chi connectivity index (χ2n) is 17.5. The van der Waals surface area contributed by atoms with Gasteiger partial charge in [0, 0.05) is 50.4 Å². The van der Waals surface area contributed by atoms with Gasteiger partial charge >= 0.3 is 0 Å². The Labute approximate surface area is 286 Å². The number of nitrogens with zero attached hydrogens (tertiary/aromatic N) is 2. The first-order valence-corrected chi connectivity index (χ1v) is 17.6. The summed E-state index contributed by atoms with van der Waals surface area (Å²) in [6, 6.07) is 8.68. The molecule has 1 aliphatic heterocycles. The molecule has 0 bridgehead atoms. The molecule has 266 valence electrons. The highest BCUT2D eigenvalue weighted by atomic mass is 16.5. The maximum Gasteiger partial charge on any atom is 0.123 e. The molecule has 7 heteroatoms. The third kappa shape index (κ3) is 11.7. The highest BCUT2D eigenvalue weighted by Crippen LogP contribution is 2.39. The molecule has 0 amide bonds. The van der Waals surface area contributed by atoms with Gasteiger partial charge in [-0.25, -0.2) is 0 Å². The molecule has 0 spiro atoms. The van der Waals surface area contributed by atoms with E-state index in [9.17, 15) is 10.2 Å². The van der Waals surface area contributed by atoms with Crippen LogP contribution in [-0.2, 0) is 49.0 Å². The van der Waals surface area contributed by atoms with Crippen molar-refractivity contribution in [1.29, 1.82) is 0 Å². The first-order valence-electron chi connectivity index (χ1n) is 17.6. The minimum Gasteiger partial charge on any atom is -0.507 e. The van der Waals surface area contributed by atoms with Gasteiger partial charge in [0.25, 0.3) is 0 Å². The summed E-state index contributed by atoms with van der Waals surface area (Å²) in [6.07, 6.45) is 0. The number of benzene rings is 2. The van der Waals surface area contributed by atoms with Crippen LogP contribution >= 0.6 is 0 Å². The van der Waals surface area contributed by atoms with Gasteiger partial charge in [-0.3, -0.25) is 9.80 Å². The van der Waals surface area contributed by atoms with Crippen molar-refractivity contribution >= 4 is 0 Å². The Morgan fingerprint density at radius 3 is 1.04 bits per heavy atom. The Morgan fingerprint density at radius 1 is 0.468 bits per heavy atom. The van der Waals surface area contributed by atoms with Crippen LogP contribution in [0.4, 0.5) is 0 Å². The second-order valence-corrected chi connectivity index (χ2v) is 17.5. The van der Waals surface area contributed by atoms with Crippen LogP contribution in [0.15, 0.2) is 24.3 Å². The van der Waals surface area contributed by atoms with Crippen molar-refractivity contribution in [3.8, 4) is 11.5 Å². The first kappa shape index (κ1) is 39.3. The van der Waals surface area contributed by atoms with E-state index < -0.39 is 0 Å². The Balaban J connectivity index is 1.77. The fourth-order valence-corrected chi connectivity index (χ4v) is 5.86. The second kappa shape index (κ2) is 16.0. The molecular formula is C40H66N2O5. The maximum absolute atomic E-state index is 11.4. The van der Waals surface area contributed by atoms with Gasteiger partial charge in [-0.2, -0.15) is 0 Å². The molecule has 47 heavy (non-hydrogen) atoms. The lowest BCUT2D eigenvalue weighted by Gasteiger charge is -2.30. The standard InChI is InChI=1S/C40H66N2O5/c1-37(2,3)31-23-29(35(43)33(25-31)39(7,8)9)27-41-13-17-45-18-14-42(16-20-47-22-21-46-19-15-41)28-30-24-32(38(4,5)6)26-34(36(30)44)40(10,11)12/h23-26,43-44H,13-22,27-28H2,1-12H3. The third-order valence-corrected chi connectivity index (χ3v) is 9.09. The van der Waals surface area contributed by atoms with Gasteiger partial charge in [-0.1, -0.05) is 107 Å². The van der Waals surface area contributed by atoms with Crippen LogP contribution in [0.2, 0.25) is 0 Å². The van der Waals surface area contributed by atoms with Gasteiger partial charge in [0.1, 0.15) is 11.5 Å². The summed E-state index contributed by atoms with van der Waals surface area (Å²) in [5, 5.41) is 22.8. The van der Waals surface area contributed by atoms with Crippen molar-refractivity contribution in [1.82, 2.24) is 9.80 Å². The molecule has 0 atom stereocenters. The zero-order valence-electron chi connectivity index (χ0n) is 31.8. The van der Waals surface area contributed by atoms with E-state index in [0.29, 0.717) is 64.2 Å². The topological polar surface area (TPSA) is 74.6 Å². The minimum atomic E-state index is -0.172. The first-order chi connectivity index (χ1) is 21.7. The molecule has 0 saturated carbocycles. The summed E-state index contributed by atoms with van der Waals surface area (Å²) in [4.78, 5) is 4.63. The molecule has 0 radical (unpaired) electrons. The number of aromatic hydroxyl groups is 2. The summed E-state index contributed by atoms with van der Waals surface area (Å²) in [5.41, 5.74) is 5.91. The van der Waals surface area contributed by atoms with Crippen molar-refractivity contribution < 1.29 is 24.4 Å². The monoisotopic (exact) mass is 654 g/mol. The number of rotatable bonds is 4. The Hall–Kier alpha value is -2.16. The van der Waals surface area contributed by atoms with Gasteiger partial charge in [0.15, 0.2) is 0 Å². The van der Waals surface area contributed by atoms with Crippen molar-refractivity contribution in [3.05, 3.63) is 57.6 Å². The minimum absolute atomic E-state index is 0.0309. The molecule has 3 rings (SSSR count). The molecule has 1 aliphatic rings. The highest BCUT2D eigenvalue weighted by Gasteiger charge is 2.27. The van der Waals surface area contributed by atoms with Crippen LogP contribution in [0, 0.1) is 0 Å². The molecule has 2 aromatic rings. The third-order valence-electron chi connectivity index (χ3n) is 9.09. The molecule has 1 saturated heterocycles. The molecule has 7 nitrogen and oxygen atoms in total. The number of phenolic OH excluding ortho intramolecular Hbond substituents is 2. The van der Waals surface area contributed by atoms with E-state index in [2.05, 4.69) is 117 Å². The molecular weight excluding hydrogens is 588 g/mol. The van der Waals surface area contributed by atoms with Crippen molar-refractivity contribution in [2.75, 3.05) is 65.8 Å². The van der Waals surface area contributed by atoms with E-state index in [1.807, 2.05) is 0 Å². The number of phenols is 2. The Bertz CT molecular complexity index is 1190. The van der Waals surface area contributed by atoms with Gasteiger partial charge in [-0.05, 0) is 43.9 Å². The fourth-order valence-electron chi connectivity index (χ4n) is 5.86. The van der Waals surface area contributed by atoms with Crippen LogP contribution in [0.3, 0.4) is 0 Å². The summed E-state index contributed by atoms with van der Waals surface area (Å²) >= 11 is 0. The van der Waals surface area contributed by atoms with Gasteiger partial charge in [0.05, 0.1) is 39.6 Å². The van der Waals surface area contributed by atoms with Crippen LogP contribution in [0.5, 0.6) is 11.5 Å². The van der Waals surface area contributed by atoms with Crippen molar-refractivity contribution in [2.45, 2.75) is 118 Å². The fraction of sp³-hybridized carbons (Fsp3) is 0.700. The highest BCUT2D eigenvalue weighted by molar-refractivity contribution is 5.49. The lowest BCUT2D eigenvalue weighted by molar-refractivity contribution is 0.0310. The Kier molecular flexibility index (Phi) is 13.4. The van der Waals surface area contributed by atoms with E-state index in [-0.39, 0.29) is 21.7 Å². The number of ether oxygens (including phenoxy) is 3. The zero-order chi connectivity index (χ0) is 35.2. The molecule has 0 unspecified atom stereocenters. The summed E-state index contributed by atoms with van der Waals surface area (Å²) < 4.78 is 18.2. The predicted molar refractivity (Wildman–Crippen MR) is 194 cm³/mol. The van der Waals surface area contributed by atoms with E-state index in [4.69, 9.17) is 14.2 Å². The largest absolute Gasteiger partial charge is 0.507 e. The summed E-state index contributed by atoms with van der Waals surface area (Å²) in [5.74, 6) is 0.779. The molecule has 1 heterocycles. The van der Waals surface area contributed by atoms with Crippen LogP contribution in [-0.4, -0.2) is 85.8 Å². The summed E-state index contributed by atoms with van der Waals surface area (Å²) in [7, 11) is 0. The van der Waals surface area contributed by atoms with Crippen molar-refractivity contribution in [3.63, 3.8) is 0 Å². The van der Waals surface area contributed by atoms with Crippen LogP contribution in [0.1, 0.15) is 116 Å². The average molecular weight is 655 g/mol. The van der Waals surface area contributed by atoms with Gasteiger partial charge in [0.2, 0.25) is 0 Å². The molecule has 0 aliphatic carbocycles. The van der Waals surface area contributed by atoms with E-state index in [0.717, 1.165) is 48.4 Å². The molecule has 1 fully saturated rings. The smallest absolute Gasteiger partial charge is 0.123 e. The predicted octanol–water partition coefficient (Wildman–Crippen LogP) is 7.66. The van der Waals surface area contributed by atoms with E-state index in [1.165, 1.54) is 11.1 Å². The number of hydrogen-bond acceptors (Lipinski definition) is 7. The molecule has 0 aromatic heterocycles. The quantitative estimate of drug-likeness (QED) is 0.351. The maximum atomic E-state index is 11.4. The normalized spacial score (nSPS) is 18.1. The number of hydrogen-bond donors (Lipinski definition) is 2. The van der Waals surface area contributed by atoms with Crippen molar-refractivity contribution in [2.24, 2.45) is 0 Å². The van der Waals surface area contributed by atoms with Gasteiger partial charge in [-0.15, -0.1) is 0 Å². The lowest BCUT2D eigenvalue weighted by Crippen LogP contribution is -2.33. The Morgan fingerprint density at radius 2 is 0.766 bits per heavy atom. The van der Waals surface area contributed by atoms with Crippen LogP contribution in [0.25, 0.3) is 0 Å². The summed E-state index contributed by atoms with van der Waals surface area (Å²) in [6.45, 7) is 33.8. The average Bonchev–Trinajstić information content (AvgIpc) is 2.93. The molecule has 2 aromatic carbocycles. The SMILES string of the molecule is CC(C)(C)c1cc(CN2CCOCCOCCN(Cc3cc(C(C)(C)C)cc(C(C)(C)C)c3O)CCOCC2)c(O)c(C(C)(C)C)c1.